The zero-order valence-electron chi connectivity index (χ0n) is 17.4. The molecule has 1 saturated heterocycles. The van der Waals surface area contributed by atoms with Crippen molar-refractivity contribution < 1.29 is 14.3 Å². The Labute approximate surface area is 198 Å². The maximum absolute atomic E-state index is 13.3. The average Bonchev–Trinajstić information content (AvgIpc) is 3.52. The van der Waals surface area contributed by atoms with Crippen LogP contribution in [0.2, 0.25) is 5.02 Å². The fourth-order valence-electron chi connectivity index (χ4n) is 4.21. The van der Waals surface area contributed by atoms with E-state index in [-0.39, 0.29) is 30.4 Å². The lowest BCUT2D eigenvalue weighted by Gasteiger charge is -2.42. The van der Waals surface area contributed by atoms with Gasteiger partial charge in [0, 0.05) is 17.1 Å². The molecular weight excluding hydrogens is 463 g/mol. The van der Waals surface area contributed by atoms with Crippen LogP contribution in [-0.2, 0) is 0 Å². The van der Waals surface area contributed by atoms with Gasteiger partial charge in [0.25, 0.3) is 5.91 Å². The molecule has 3 heterocycles. The van der Waals surface area contributed by atoms with Crippen molar-refractivity contribution in [3.8, 4) is 11.3 Å². The Balaban J connectivity index is 1.46. The number of nitrogens with zero attached hydrogens (tertiary/aromatic N) is 4. The number of aliphatic hydroxyl groups excluding tert-OH is 1. The quantitative estimate of drug-likeness (QED) is 0.445. The maximum Gasteiger partial charge on any atom is 0.264 e. The molecule has 0 bridgehead atoms. The number of thiophene rings is 1. The molecule has 2 aromatic carbocycles. The van der Waals surface area contributed by atoms with Crippen molar-refractivity contribution in [3.63, 3.8) is 0 Å². The Morgan fingerprint density at radius 2 is 1.88 bits per heavy atom. The first-order valence-electron chi connectivity index (χ1n) is 10.5. The first-order valence-corrected chi connectivity index (χ1v) is 11.7. The van der Waals surface area contributed by atoms with Gasteiger partial charge >= 0.3 is 0 Å². The molecule has 3 atom stereocenters. The first-order chi connectivity index (χ1) is 16.0. The van der Waals surface area contributed by atoms with Gasteiger partial charge in [-0.2, -0.15) is 0 Å². The van der Waals surface area contributed by atoms with Crippen LogP contribution in [0.15, 0.2) is 72.2 Å². The second-order valence-electron chi connectivity index (χ2n) is 7.96. The molecule has 5 rings (SSSR count). The Hall–Kier alpha value is -3.07. The molecule has 33 heavy (non-hydrogen) atoms. The van der Waals surface area contributed by atoms with E-state index in [0.717, 1.165) is 11.1 Å². The van der Waals surface area contributed by atoms with Crippen LogP contribution in [0.1, 0.15) is 33.7 Å². The highest BCUT2D eigenvalue weighted by molar-refractivity contribution is 7.12. The molecule has 2 aromatic heterocycles. The summed E-state index contributed by atoms with van der Waals surface area (Å²) in [6.07, 6.45) is 1.36. The Kier molecular flexibility index (Phi) is 5.97. The highest BCUT2D eigenvalue weighted by Crippen LogP contribution is 2.38. The van der Waals surface area contributed by atoms with Crippen molar-refractivity contribution in [2.45, 2.75) is 24.6 Å². The van der Waals surface area contributed by atoms with E-state index < -0.39 is 6.10 Å². The van der Waals surface area contributed by atoms with E-state index in [0.29, 0.717) is 22.0 Å². The standard InChI is InChI=1S/C24H20ClFN4O2S/c25-17-7-3-16(4-8-17)20-12-21(22(31)14-29(20)24(32)23-2-1-11-33-23)30-13-19(27-28-30)15-5-9-18(26)10-6-15/h1-11,13,20-22,31H,12,14H2/t20-,21+,22+/m1/s1. The molecule has 0 aliphatic carbocycles. The normalized spacial score (nSPS) is 20.7. The van der Waals surface area contributed by atoms with Crippen LogP contribution in [0.3, 0.4) is 0 Å². The van der Waals surface area contributed by atoms with E-state index in [1.165, 1.54) is 23.5 Å². The largest absolute Gasteiger partial charge is 0.389 e. The maximum atomic E-state index is 13.3. The average molecular weight is 483 g/mol. The smallest absolute Gasteiger partial charge is 0.264 e. The lowest BCUT2D eigenvalue weighted by Crippen LogP contribution is -2.49. The highest BCUT2D eigenvalue weighted by atomic mass is 35.5. The molecular formula is C24H20ClFN4O2S. The summed E-state index contributed by atoms with van der Waals surface area (Å²) >= 11 is 7.46. The molecule has 168 valence electrons. The molecule has 9 heteroatoms. The molecule has 6 nitrogen and oxygen atoms in total. The van der Waals surface area contributed by atoms with Gasteiger partial charge in [-0.25, -0.2) is 9.07 Å². The molecule has 4 aromatic rings. The van der Waals surface area contributed by atoms with Crippen LogP contribution in [0.4, 0.5) is 4.39 Å². The minimum absolute atomic E-state index is 0.118. The summed E-state index contributed by atoms with van der Waals surface area (Å²) in [6, 6.07) is 16.4. The number of β-amino-alcohol motifs (C(OH)–C–C–N with tert-alkyl or cyclic N) is 1. The molecule has 0 spiro atoms. The number of piperidine rings is 1. The van der Waals surface area contributed by atoms with Crippen LogP contribution < -0.4 is 0 Å². The van der Waals surface area contributed by atoms with Crippen LogP contribution >= 0.6 is 22.9 Å². The van der Waals surface area contributed by atoms with Gasteiger partial charge in [-0.1, -0.05) is 35.0 Å². The van der Waals surface area contributed by atoms with Gasteiger partial charge in [0.05, 0.1) is 29.3 Å². The van der Waals surface area contributed by atoms with Gasteiger partial charge in [-0.15, -0.1) is 16.4 Å². The van der Waals surface area contributed by atoms with Crippen LogP contribution in [-0.4, -0.2) is 43.6 Å². The SMILES string of the molecule is O=C(c1cccs1)N1C[C@H](O)[C@@H](n2cc(-c3ccc(F)cc3)nn2)C[C@@H]1c1ccc(Cl)cc1. The van der Waals surface area contributed by atoms with Crippen LogP contribution in [0, 0.1) is 5.82 Å². The van der Waals surface area contributed by atoms with E-state index >= 15 is 0 Å². The number of carbonyl (C=O) groups is 1. The number of hydrogen-bond donors (Lipinski definition) is 1. The van der Waals surface area contributed by atoms with Gasteiger partial charge in [-0.05, 0) is 59.8 Å². The molecule has 1 aliphatic rings. The van der Waals surface area contributed by atoms with Gasteiger partial charge in [0.15, 0.2) is 0 Å². The van der Waals surface area contributed by atoms with E-state index in [1.807, 2.05) is 23.6 Å². The molecule has 1 N–H and O–H groups in total. The van der Waals surface area contributed by atoms with Crippen molar-refractivity contribution in [2.75, 3.05) is 6.54 Å². The summed E-state index contributed by atoms with van der Waals surface area (Å²) in [5, 5.41) is 21.9. The topological polar surface area (TPSA) is 71.2 Å². The minimum atomic E-state index is -0.833. The second kappa shape index (κ2) is 9.05. The van der Waals surface area contributed by atoms with Gasteiger partial charge in [0.1, 0.15) is 11.5 Å². The number of aliphatic hydroxyl groups is 1. The Morgan fingerprint density at radius 3 is 2.58 bits per heavy atom. The van der Waals surface area contributed by atoms with Gasteiger partial charge in [-0.3, -0.25) is 4.79 Å². The van der Waals surface area contributed by atoms with Crippen molar-refractivity contribution in [2.24, 2.45) is 0 Å². The minimum Gasteiger partial charge on any atom is -0.389 e. The number of aromatic nitrogens is 3. The lowest BCUT2D eigenvalue weighted by molar-refractivity contribution is -0.00382. The zero-order chi connectivity index (χ0) is 22.9. The Morgan fingerprint density at radius 1 is 1.12 bits per heavy atom. The summed E-state index contributed by atoms with van der Waals surface area (Å²) < 4.78 is 14.9. The third-order valence-electron chi connectivity index (χ3n) is 5.91. The van der Waals surface area contributed by atoms with Crippen molar-refractivity contribution in [1.29, 1.82) is 0 Å². The van der Waals surface area contributed by atoms with E-state index in [1.54, 1.807) is 46.1 Å². The monoisotopic (exact) mass is 482 g/mol. The summed E-state index contributed by atoms with van der Waals surface area (Å²) in [5.41, 5.74) is 2.25. The van der Waals surface area contributed by atoms with Crippen molar-refractivity contribution in [1.82, 2.24) is 19.9 Å². The number of hydrogen-bond acceptors (Lipinski definition) is 5. The van der Waals surface area contributed by atoms with Crippen LogP contribution in [0.5, 0.6) is 0 Å². The van der Waals surface area contributed by atoms with E-state index in [4.69, 9.17) is 11.6 Å². The third kappa shape index (κ3) is 4.42. The summed E-state index contributed by atoms with van der Waals surface area (Å²) in [4.78, 5) is 15.6. The van der Waals surface area contributed by atoms with Gasteiger partial charge < -0.3 is 10.0 Å². The number of amides is 1. The first kappa shape index (κ1) is 21.8. The zero-order valence-corrected chi connectivity index (χ0v) is 19.0. The number of benzene rings is 2. The molecule has 1 aliphatic heterocycles. The summed E-state index contributed by atoms with van der Waals surface area (Å²) in [7, 11) is 0. The molecule has 0 radical (unpaired) electrons. The third-order valence-corrected chi connectivity index (χ3v) is 7.02. The highest BCUT2D eigenvalue weighted by Gasteiger charge is 2.40. The molecule has 0 saturated carbocycles. The predicted octanol–water partition coefficient (Wildman–Crippen LogP) is 4.99. The second-order valence-corrected chi connectivity index (χ2v) is 9.35. The number of likely N-dealkylation sites (tertiary alicyclic amines) is 1. The summed E-state index contributed by atoms with van der Waals surface area (Å²) in [6.45, 7) is 0.153. The van der Waals surface area contributed by atoms with E-state index in [2.05, 4.69) is 10.3 Å². The van der Waals surface area contributed by atoms with Gasteiger partial charge in [0.2, 0.25) is 0 Å². The predicted molar refractivity (Wildman–Crippen MR) is 125 cm³/mol. The molecule has 0 unspecified atom stereocenters. The fourth-order valence-corrected chi connectivity index (χ4v) is 5.01. The van der Waals surface area contributed by atoms with E-state index in [9.17, 15) is 14.3 Å². The number of halogens is 2. The lowest BCUT2D eigenvalue weighted by atomic mass is 9.90. The number of rotatable bonds is 4. The van der Waals surface area contributed by atoms with Crippen molar-refractivity contribution in [3.05, 3.63) is 93.5 Å². The van der Waals surface area contributed by atoms with Crippen LogP contribution in [0.25, 0.3) is 11.3 Å². The van der Waals surface area contributed by atoms with Crippen molar-refractivity contribution >= 4 is 28.8 Å². The fraction of sp³-hybridized carbons (Fsp3) is 0.208. The molecule has 1 fully saturated rings. The Bertz CT molecular complexity index is 1240. The molecule has 1 amide bonds. The summed E-state index contributed by atoms with van der Waals surface area (Å²) in [5.74, 6) is -0.441. The number of carbonyl (C=O) groups excluding carboxylic acids is 1.